The van der Waals surface area contributed by atoms with Crippen molar-refractivity contribution in [1.29, 1.82) is 5.26 Å². The molecule has 1 N–H and O–H groups in total. The number of hydrogen-bond donors (Lipinski definition) is 1. The van der Waals surface area contributed by atoms with Crippen LogP contribution in [0.3, 0.4) is 0 Å². The van der Waals surface area contributed by atoms with Gasteiger partial charge in [0.15, 0.2) is 0 Å². The molecule has 0 unspecified atom stereocenters. The predicted octanol–water partition coefficient (Wildman–Crippen LogP) is -0.126. The molecule has 0 aromatic carbocycles. The third-order valence-corrected chi connectivity index (χ3v) is 2.78. The van der Waals surface area contributed by atoms with Crippen LogP contribution in [-0.2, 0) is 4.74 Å². The fourth-order valence-corrected chi connectivity index (χ4v) is 1.75. The summed E-state index contributed by atoms with van der Waals surface area (Å²) in [5.74, 6) is 0. The van der Waals surface area contributed by atoms with E-state index in [1.54, 1.807) is 12.0 Å². The minimum absolute atomic E-state index is 0.0111. The first-order valence-electron chi connectivity index (χ1n) is 5.89. The molecule has 0 radical (unpaired) electrons. The quantitative estimate of drug-likeness (QED) is 0.642. The van der Waals surface area contributed by atoms with Crippen LogP contribution in [0.1, 0.15) is 6.42 Å². The highest BCUT2D eigenvalue weighted by atomic mass is 16.5. The van der Waals surface area contributed by atoms with Gasteiger partial charge in [-0.3, -0.25) is 4.90 Å². The van der Waals surface area contributed by atoms with E-state index in [0.717, 1.165) is 32.7 Å². The molecule has 0 aromatic rings. The third-order valence-electron chi connectivity index (χ3n) is 2.78. The van der Waals surface area contributed by atoms with Gasteiger partial charge in [0.05, 0.1) is 12.7 Å². The fraction of sp³-hybridized carbons (Fsp3) is 0.818. The second kappa shape index (κ2) is 7.87. The molecular weight excluding hydrogens is 220 g/mol. The third kappa shape index (κ3) is 5.02. The topological polar surface area (TPSA) is 68.6 Å². The average Bonchev–Trinajstić information content (AvgIpc) is 2.74. The first-order chi connectivity index (χ1) is 8.27. The van der Waals surface area contributed by atoms with Crippen molar-refractivity contribution >= 4 is 6.03 Å². The van der Waals surface area contributed by atoms with Gasteiger partial charge in [-0.15, -0.1) is 0 Å². The molecule has 6 heteroatoms. The molecule has 0 atom stereocenters. The molecule has 2 amide bonds. The minimum atomic E-state index is 0.0111. The lowest BCUT2D eigenvalue weighted by Gasteiger charge is -2.23. The molecule has 0 aliphatic carbocycles. The van der Waals surface area contributed by atoms with E-state index < -0.39 is 0 Å². The molecular formula is C11H20N4O2. The van der Waals surface area contributed by atoms with Gasteiger partial charge >= 0.3 is 6.03 Å². The number of ether oxygens (including phenoxy) is 1. The molecule has 1 saturated heterocycles. The largest absolute Gasteiger partial charge is 0.383 e. The van der Waals surface area contributed by atoms with E-state index in [1.807, 2.05) is 0 Å². The maximum atomic E-state index is 11.3. The van der Waals surface area contributed by atoms with Crippen LogP contribution < -0.4 is 5.32 Å². The molecule has 1 rings (SSSR count). The zero-order valence-electron chi connectivity index (χ0n) is 10.3. The number of hydrogen-bond acceptors (Lipinski definition) is 4. The van der Waals surface area contributed by atoms with E-state index in [1.165, 1.54) is 0 Å². The molecule has 1 aliphatic heterocycles. The van der Waals surface area contributed by atoms with Crippen molar-refractivity contribution in [3.63, 3.8) is 0 Å². The monoisotopic (exact) mass is 240 g/mol. The van der Waals surface area contributed by atoms with Gasteiger partial charge in [0, 0.05) is 52.8 Å². The van der Waals surface area contributed by atoms with E-state index in [2.05, 4.69) is 16.3 Å². The maximum Gasteiger partial charge on any atom is 0.317 e. The molecule has 0 spiro atoms. The lowest BCUT2D eigenvalue weighted by Crippen LogP contribution is -2.38. The van der Waals surface area contributed by atoms with E-state index in [9.17, 15) is 4.79 Å². The molecule has 1 fully saturated rings. The van der Waals surface area contributed by atoms with Crippen molar-refractivity contribution in [1.82, 2.24) is 15.1 Å². The highest BCUT2D eigenvalue weighted by molar-refractivity contribution is 5.76. The molecule has 1 aliphatic rings. The molecule has 1 heterocycles. The zero-order valence-corrected chi connectivity index (χ0v) is 10.3. The Morgan fingerprint density at radius 3 is 2.94 bits per heavy atom. The van der Waals surface area contributed by atoms with Crippen LogP contribution in [0, 0.1) is 11.3 Å². The van der Waals surface area contributed by atoms with Crippen LogP contribution in [-0.4, -0.2) is 68.8 Å². The number of nitriles is 1. The highest BCUT2D eigenvalue weighted by Gasteiger charge is 2.19. The summed E-state index contributed by atoms with van der Waals surface area (Å²) in [5, 5.41) is 11.4. The Labute approximate surface area is 102 Å². The van der Waals surface area contributed by atoms with Crippen molar-refractivity contribution < 1.29 is 9.53 Å². The Kier molecular flexibility index (Phi) is 6.37. The Hall–Kier alpha value is -1.32. The lowest BCUT2D eigenvalue weighted by molar-refractivity contribution is 0.142. The normalized spacial score (nSPS) is 15.1. The van der Waals surface area contributed by atoms with Gasteiger partial charge in [-0.25, -0.2) is 4.79 Å². The van der Waals surface area contributed by atoms with Crippen LogP contribution in [0.15, 0.2) is 0 Å². The van der Waals surface area contributed by atoms with Crippen LogP contribution in [0.2, 0.25) is 0 Å². The zero-order chi connectivity index (χ0) is 12.5. The summed E-state index contributed by atoms with van der Waals surface area (Å²) in [6, 6.07) is 2.15. The summed E-state index contributed by atoms with van der Waals surface area (Å²) >= 11 is 0. The first-order valence-corrected chi connectivity index (χ1v) is 5.89. The van der Waals surface area contributed by atoms with Gasteiger partial charge in [0.2, 0.25) is 0 Å². The van der Waals surface area contributed by atoms with Crippen LogP contribution >= 0.6 is 0 Å². The van der Waals surface area contributed by atoms with Crippen molar-refractivity contribution in [2.24, 2.45) is 0 Å². The molecule has 17 heavy (non-hydrogen) atoms. The van der Waals surface area contributed by atoms with Crippen LogP contribution in [0.4, 0.5) is 4.79 Å². The summed E-state index contributed by atoms with van der Waals surface area (Å²) in [7, 11) is 1.66. The number of carbonyl (C=O) groups is 1. The average molecular weight is 240 g/mol. The molecule has 0 saturated carbocycles. The molecule has 0 bridgehead atoms. The van der Waals surface area contributed by atoms with E-state index in [4.69, 9.17) is 10.00 Å². The first kappa shape index (κ1) is 13.7. The van der Waals surface area contributed by atoms with Crippen molar-refractivity contribution in [3.8, 4) is 6.07 Å². The number of rotatable bonds is 8. The Balaban J connectivity index is 2.26. The summed E-state index contributed by atoms with van der Waals surface area (Å²) in [6.45, 7) is 5.18. The molecule has 6 nitrogen and oxygen atoms in total. The van der Waals surface area contributed by atoms with Gasteiger partial charge in [0.25, 0.3) is 0 Å². The second-order valence-corrected chi connectivity index (χ2v) is 3.96. The van der Waals surface area contributed by atoms with Crippen molar-refractivity contribution in [2.75, 3.05) is 53.0 Å². The smallest absolute Gasteiger partial charge is 0.317 e. The highest BCUT2D eigenvalue weighted by Crippen LogP contribution is 1.98. The number of amides is 2. The van der Waals surface area contributed by atoms with Gasteiger partial charge in [-0.05, 0) is 0 Å². The summed E-state index contributed by atoms with van der Waals surface area (Å²) in [6.07, 6.45) is 0.510. The summed E-state index contributed by atoms with van der Waals surface area (Å²) < 4.78 is 5.03. The van der Waals surface area contributed by atoms with Crippen molar-refractivity contribution in [3.05, 3.63) is 0 Å². The lowest BCUT2D eigenvalue weighted by atomic mass is 10.3. The standard InChI is InChI=1S/C11H20N4O2/c1-17-10-9-14(5-2-3-12)7-8-15-6-4-13-11(15)16/h2,4-10H2,1H3,(H,13,16). The van der Waals surface area contributed by atoms with E-state index in [-0.39, 0.29) is 6.03 Å². The number of nitrogens with one attached hydrogen (secondary N) is 1. The van der Waals surface area contributed by atoms with Crippen molar-refractivity contribution in [2.45, 2.75) is 6.42 Å². The van der Waals surface area contributed by atoms with Gasteiger partial charge in [-0.2, -0.15) is 5.26 Å². The Morgan fingerprint density at radius 2 is 2.35 bits per heavy atom. The predicted molar refractivity (Wildman–Crippen MR) is 63.5 cm³/mol. The fourth-order valence-electron chi connectivity index (χ4n) is 1.75. The van der Waals surface area contributed by atoms with Gasteiger partial charge in [-0.1, -0.05) is 0 Å². The Bertz CT molecular complexity index is 277. The minimum Gasteiger partial charge on any atom is -0.383 e. The Morgan fingerprint density at radius 1 is 1.53 bits per heavy atom. The van der Waals surface area contributed by atoms with Crippen LogP contribution in [0.5, 0.6) is 0 Å². The number of nitrogens with zero attached hydrogens (tertiary/aromatic N) is 3. The molecule has 0 aromatic heterocycles. The van der Waals surface area contributed by atoms with E-state index >= 15 is 0 Å². The van der Waals surface area contributed by atoms with Gasteiger partial charge < -0.3 is 15.0 Å². The summed E-state index contributed by atoms with van der Waals surface area (Å²) in [4.78, 5) is 15.3. The SMILES string of the molecule is COCCN(CCC#N)CCN1CCNC1=O. The summed E-state index contributed by atoms with van der Waals surface area (Å²) in [5.41, 5.74) is 0. The van der Waals surface area contributed by atoms with Gasteiger partial charge in [0.1, 0.15) is 0 Å². The molecule has 96 valence electrons. The van der Waals surface area contributed by atoms with E-state index in [0.29, 0.717) is 19.6 Å². The number of methoxy groups -OCH3 is 1. The number of carbonyl (C=O) groups excluding carboxylic acids is 1. The number of urea groups is 1. The second-order valence-electron chi connectivity index (χ2n) is 3.96. The maximum absolute atomic E-state index is 11.3. The van der Waals surface area contributed by atoms with Crippen LogP contribution in [0.25, 0.3) is 0 Å².